The van der Waals surface area contributed by atoms with E-state index in [0.29, 0.717) is 11.4 Å². The number of hydrogen-bond acceptors (Lipinski definition) is 1. The fourth-order valence-electron chi connectivity index (χ4n) is 1.27. The molecule has 0 heterocycles. The summed E-state index contributed by atoms with van der Waals surface area (Å²) in [6, 6.07) is 0.667. The van der Waals surface area contributed by atoms with Crippen molar-refractivity contribution in [2.24, 2.45) is 0 Å². The third-order valence-electron chi connectivity index (χ3n) is 1.99. The smallest absolute Gasteiger partial charge is 0.0308 e. The van der Waals surface area contributed by atoms with Crippen LogP contribution in [-0.2, 0) is 0 Å². The first kappa shape index (κ1) is 12.2. The topological polar surface area (TPSA) is 12.0 Å². The molecule has 0 aliphatic rings. The van der Waals surface area contributed by atoms with E-state index in [4.69, 9.17) is 11.6 Å². The first-order valence-electron chi connectivity index (χ1n) is 5.04. The Labute approximate surface area is 81.9 Å². The summed E-state index contributed by atoms with van der Waals surface area (Å²) in [4.78, 5) is 0. The number of nitrogens with one attached hydrogen (secondary N) is 1. The molecule has 0 aliphatic carbocycles. The summed E-state index contributed by atoms with van der Waals surface area (Å²) < 4.78 is 0. The van der Waals surface area contributed by atoms with Crippen LogP contribution in [0.5, 0.6) is 0 Å². The lowest BCUT2D eigenvalue weighted by atomic mass is 10.2. The van der Waals surface area contributed by atoms with Gasteiger partial charge in [0.05, 0.1) is 0 Å². The van der Waals surface area contributed by atoms with Crippen LogP contribution in [-0.4, -0.2) is 18.0 Å². The molecule has 0 aliphatic heterocycles. The molecule has 1 N–H and O–H groups in total. The van der Waals surface area contributed by atoms with E-state index in [9.17, 15) is 0 Å². The molecule has 2 heteroatoms. The average molecular weight is 192 g/mol. The van der Waals surface area contributed by atoms with Gasteiger partial charge in [-0.15, -0.1) is 11.6 Å². The monoisotopic (exact) mass is 191 g/mol. The molecule has 0 saturated carbocycles. The normalized spacial score (nSPS) is 16.0. The molecule has 12 heavy (non-hydrogen) atoms. The summed E-state index contributed by atoms with van der Waals surface area (Å²) in [7, 11) is 0. The van der Waals surface area contributed by atoms with Gasteiger partial charge in [-0.25, -0.2) is 0 Å². The van der Waals surface area contributed by atoms with E-state index >= 15 is 0 Å². The van der Waals surface area contributed by atoms with E-state index in [0.717, 1.165) is 13.0 Å². The van der Waals surface area contributed by atoms with Crippen molar-refractivity contribution in [1.29, 1.82) is 0 Å². The molecule has 0 spiro atoms. The molecule has 0 aromatic carbocycles. The Morgan fingerprint density at radius 1 is 1.25 bits per heavy atom. The lowest BCUT2D eigenvalue weighted by Crippen LogP contribution is -2.26. The minimum Gasteiger partial charge on any atom is -0.314 e. The Morgan fingerprint density at radius 3 is 2.42 bits per heavy atom. The maximum absolute atomic E-state index is 5.83. The van der Waals surface area contributed by atoms with Crippen LogP contribution >= 0.6 is 11.6 Å². The van der Waals surface area contributed by atoms with E-state index in [1.165, 1.54) is 19.3 Å². The lowest BCUT2D eigenvalue weighted by Gasteiger charge is -2.12. The summed E-state index contributed by atoms with van der Waals surface area (Å²) in [5, 5.41) is 3.81. The van der Waals surface area contributed by atoms with Crippen LogP contribution in [0.25, 0.3) is 0 Å². The Kier molecular flexibility index (Phi) is 8.04. The molecule has 0 fully saturated rings. The van der Waals surface area contributed by atoms with Gasteiger partial charge in [-0.2, -0.15) is 0 Å². The molecule has 2 unspecified atom stereocenters. The van der Waals surface area contributed by atoms with Crippen molar-refractivity contribution in [2.75, 3.05) is 6.54 Å². The highest BCUT2D eigenvalue weighted by Gasteiger charge is 1.99. The Bertz CT molecular complexity index is 93.8. The van der Waals surface area contributed by atoms with Crippen molar-refractivity contribution in [1.82, 2.24) is 5.32 Å². The van der Waals surface area contributed by atoms with Crippen LogP contribution in [0.2, 0.25) is 0 Å². The predicted octanol–water partition coefficient (Wildman–Crippen LogP) is 3.17. The third-order valence-corrected chi connectivity index (χ3v) is 2.21. The maximum atomic E-state index is 5.83. The van der Waals surface area contributed by atoms with Crippen molar-refractivity contribution in [3.8, 4) is 0 Å². The van der Waals surface area contributed by atoms with Gasteiger partial charge >= 0.3 is 0 Å². The highest BCUT2D eigenvalue weighted by Crippen LogP contribution is 2.03. The van der Waals surface area contributed by atoms with E-state index in [1.807, 2.05) is 0 Å². The van der Waals surface area contributed by atoms with Crippen molar-refractivity contribution in [2.45, 2.75) is 57.9 Å². The molecular weight excluding hydrogens is 170 g/mol. The first-order valence-corrected chi connectivity index (χ1v) is 5.48. The summed E-state index contributed by atoms with van der Waals surface area (Å²) >= 11 is 5.83. The molecule has 0 radical (unpaired) electrons. The van der Waals surface area contributed by atoms with Gasteiger partial charge in [-0.1, -0.05) is 13.3 Å². The minimum atomic E-state index is 0.327. The molecular formula is C10H22ClN. The SMILES string of the molecule is CCCC(C)NCCCC(C)Cl. The van der Waals surface area contributed by atoms with Crippen LogP contribution in [0.1, 0.15) is 46.5 Å². The molecule has 0 aromatic rings. The summed E-state index contributed by atoms with van der Waals surface area (Å²) in [6.07, 6.45) is 4.85. The van der Waals surface area contributed by atoms with E-state index in [1.54, 1.807) is 0 Å². The highest BCUT2D eigenvalue weighted by molar-refractivity contribution is 6.20. The van der Waals surface area contributed by atoms with Crippen LogP contribution in [0.15, 0.2) is 0 Å². The fraction of sp³-hybridized carbons (Fsp3) is 1.00. The second kappa shape index (κ2) is 7.88. The molecule has 2 atom stereocenters. The van der Waals surface area contributed by atoms with E-state index in [-0.39, 0.29) is 0 Å². The second-order valence-corrected chi connectivity index (χ2v) is 4.31. The summed E-state index contributed by atoms with van der Waals surface area (Å²) in [5.41, 5.74) is 0. The fourth-order valence-corrected chi connectivity index (χ4v) is 1.42. The van der Waals surface area contributed by atoms with Gasteiger partial charge in [0.15, 0.2) is 0 Å². The van der Waals surface area contributed by atoms with Gasteiger partial charge < -0.3 is 5.32 Å². The molecule has 0 bridgehead atoms. The zero-order valence-electron chi connectivity index (χ0n) is 8.57. The number of halogens is 1. The molecule has 1 nitrogen and oxygen atoms in total. The van der Waals surface area contributed by atoms with Crippen LogP contribution < -0.4 is 5.32 Å². The quantitative estimate of drug-likeness (QED) is 0.482. The number of hydrogen-bond donors (Lipinski definition) is 1. The summed E-state index contributed by atoms with van der Waals surface area (Å²) in [5.74, 6) is 0. The van der Waals surface area contributed by atoms with Gasteiger partial charge in [0, 0.05) is 11.4 Å². The van der Waals surface area contributed by atoms with Gasteiger partial charge in [-0.3, -0.25) is 0 Å². The Balaban J connectivity index is 3.08. The van der Waals surface area contributed by atoms with Gasteiger partial charge in [0.1, 0.15) is 0 Å². The van der Waals surface area contributed by atoms with Gasteiger partial charge in [0.2, 0.25) is 0 Å². The molecule has 0 aromatic heterocycles. The van der Waals surface area contributed by atoms with Crippen LogP contribution in [0.3, 0.4) is 0 Å². The Morgan fingerprint density at radius 2 is 1.92 bits per heavy atom. The third kappa shape index (κ3) is 8.35. The zero-order chi connectivity index (χ0) is 9.40. The average Bonchev–Trinajstić information content (AvgIpc) is 1.98. The maximum Gasteiger partial charge on any atom is 0.0308 e. The largest absolute Gasteiger partial charge is 0.314 e. The standard InChI is InChI=1S/C10H22ClN/c1-4-6-10(3)12-8-5-7-9(2)11/h9-10,12H,4-8H2,1-3H3. The molecule has 0 amide bonds. The Hall–Kier alpha value is 0.250. The van der Waals surface area contributed by atoms with Crippen LogP contribution in [0.4, 0.5) is 0 Å². The molecule has 0 rings (SSSR count). The van der Waals surface area contributed by atoms with Crippen molar-refractivity contribution in [3.63, 3.8) is 0 Å². The van der Waals surface area contributed by atoms with Crippen molar-refractivity contribution < 1.29 is 0 Å². The molecule has 0 saturated heterocycles. The first-order chi connectivity index (χ1) is 5.66. The lowest BCUT2D eigenvalue weighted by molar-refractivity contribution is 0.495. The van der Waals surface area contributed by atoms with Gasteiger partial charge in [0.25, 0.3) is 0 Å². The summed E-state index contributed by atoms with van der Waals surface area (Å²) in [6.45, 7) is 7.63. The van der Waals surface area contributed by atoms with E-state index < -0.39 is 0 Å². The van der Waals surface area contributed by atoms with E-state index in [2.05, 4.69) is 26.1 Å². The zero-order valence-corrected chi connectivity index (χ0v) is 9.32. The van der Waals surface area contributed by atoms with Crippen molar-refractivity contribution in [3.05, 3.63) is 0 Å². The van der Waals surface area contributed by atoms with Gasteiger partial charge in [-0.05, 0) is 39.7 Å². The number of alkyl halides is 1. The van der Waals surface area contributed by atoms with Crippen LogP contribution in [0, 0.1) is 0 Å². The second-order valence-electron chi connectivity index (χ2n) is 3.57. The van der Waals surface area contributed by atoms with Crippen molar-refractivity contribution >= 4 is 11.6 Å². The molecule has 74 valence electrons. The minimum absolute atomic E-state index is 0.327. The number of rotatable bonds is 7. The highest BCUT2D eigenvalue weighted by atomic mass is 35.5. The predicted molar refractivity (Wildman–Crippen MR) is 56.9 cm³/mol.